The van der Waals surface area contributed by atoms with Crippen molar-refractivity contribution in [2.75, 3.05) is 0 Å². The predicted molar refractivity (Wildman–Crippen MR) is 76.0 cm³/mol. The third-order valence-corrected chi connectivity index (χ3v) is 3.06. The molecule has 0 spiro atoms. The summed E-state index contributed by atoms with van der Waals surface area (Å²) >= 11 is 12.0. The molecule has 1 atom stereocenters. The van der Waals surface area contributed by atoms with Crippen molar-refractivity contribution in [2.24, 2.45) is 15.4 Å². The van der Waals surface area contributed by atoms with E-state index in [9.17, 15) is 4.91 Å². The van der Waals surface area contributed by atoms with Gasteiger partial charge in [-0.25, -0.2) is 0 Å². The van der Waals surface area contributed by atoms with Crippen LogP contribution in [0.4, 0.5) is 5.69 Å². The molecule has 0 aliphatic carbocycles. The second kappa shape index (κ2) is 6.41. The van der Waals surface area contributed by atoms with Gasteiger partial charge in [0.25, 0.3) is 0 Å². The summed E-state index contributed by atoms with van der Waals surface area (Å²) in [6.45, 7) is 0. The van der Waals surface area contributed by atoms with Gasteiger partial charge in [0.05, 0.1) is 5.69 Å². The van der Waals surface area contributed by atoms with Gasteiger partial charge in [-0.15, -0.1) is 4.91 Å². The molecule has 0 saturated heterocycles. The van der Waals surface area contributed by atoms with Crippen LogP contribution in [0, 0.1) is 4.91 Å². The third-order valence-electron chi connectivity index (χ3n) is 2.40. The van der Waals surface area contributed by atoms with Crippen LogP contribution in [0.2, 0.25) is 10.0 Å². The van der Waals surface area contributed by atoms with E-state index in [2.05, 4.69) is 15.4 Å². The lowest BCUT2D eigenvalue weighted by atomic mass is 10.2. The molecular weight excluding hydrogens is 285 g/mol. The lowest BCUT2D eigenvalue weighted by Crippen LogP contribution is -1.93. The predicted octanol–water partition coefficient (Wildman–Crippen LogP) is 5.54. The second-order valence-corrected chi connectivity index (χ2v) is 4.48. The molecule has 0 aromatic heterocycles. The van der Waals surface area contributed by atoms with Crippen LogP contribution in [-0.4, -0.2) is 0 Å². The summed E-state index contributed by atoms with van der Waals surface area (Å²) in [4.78, 5) is 10.9. The molecule has 2 aromatic carbocycles. The van der Waals surface area contributed by atoms with Gasteiger partial charge in [0.15, 0.2) is 0 Å². The number of nitrogens with zero attached hydrogens (tertiary/aromatic N) is 3. The van der Waals surface area contributed by atoms with Crippen molar-refractivity contribution in [1.29, 1.82) is 0 Å². The summed E-state index contributed by atoms with van der Waals surface area (Å²) in [5.41, 5.74) is 0.986. The largest absolute Gasteiger partial charge is 0.230 e. The maximum atomic E-state index is 10.9. The Hall–Kier alpha value is -1.78. The van der Waals surface area contributed by atoms with Crippen LogP contribution in [0.5, 0.6) is 0 Å². The molecule has 19 heavy (non-hydrogen) atoms. The van der Waals surface area contributed by atoms with E-state index in [0.717, 1.165) is 0 Å². The molecule has 0 aliphatic rings. The summed E-state index contributed by atoms with van der Waals surface area (Å²) in [6, 6.07) is 14.0. The molecule has 4 nitrogen and oxygen atoms in total. The van der Waals surface area contributed by atoms with Crippen molar-refractivity contribution in [2.45, 2.75) is 6.17 Å². The van der Waals surface area contributed by atoms with Gasteiger partial charge in [-0.2, -0.15) is 10.2 Å². The first-order valence-electron chi connectivity index (χ1n) is 5.44. The van der Waals surface area contributed by atoms with E-state index in [-0.39, 0.29) is 0 Å². The molecule has 0 bridgehead atoms. The van der Waals surface area contributed by atoms with Crippen LogP contribution in [0.1, 0.15) is 11.7 Å². The first kappa shape index (κ1) is 13.6. The first-order chi connectivity index (χ1) is 9.22. The molecule has 0 heterocycles. The topological polar surface area (TPSA) is 54.1 Å². The van der Waals surface area contributed by atoms with E-state index >= 15 is 0 Å². The third kappa shape index (κ3) is 3.36. The summed E-state index contributed by atoms with van der Waals surface area (Å²) in [6.07, 6.45) is -1.05. The van der Waals surface area contributed by atoms with Crippen LogP contribution in [0.15, 0.2) is 63.9 Å². The van der Waals surface area contributed by atoms with Gasteiger partial charge in [0.1, 0.15) is 0 Å². The van der Waals surface area contributed by atoms with Crippen LogP contribution >= 0.6 is 23.2 Å². The first-order valence-corrected chi connectivity index (χ1v) is 6.20. The minimum atomic E-state index is -1.05. The molecule has 6 heteroatoms. The summed E-state index contributed by atoms with van der Waals surface area (Å²) in [7, 11) is 0. The number of halogens is 2. The highest BCUT2D eigenvalue weighted by atomic mass is 35.5. The number of rotatable bonds is 4. The average Bonchev–Trinajstić information content (AvgIpc) is 2.43. The Kier molecular flexibility index (Phi) is 4.60. The molecule has 0 N–H and O–H groups in total. The maximum Gasteiger partial charge on any atom is 0.230 e. The van der Waals surface area contributed by atoms with Gasteiger partial charge in [-0.1, -0.05) is 47.5 Å². The Bertz CT molecular complexity index is 582. The van der Waals surface area contributed by atoms with Gasteiger partial charge in [-0.05, 0) is 29.4 Å². The average molecular weight is 294 g/mol. The van der Waals surface area contributed by atoms with E-state index in [1.807, 2.05) is 18.2 Å². The number of nitroso groups, excluding NO2 is 1. The van der Waals surface area contributed by atoms with Crippen LogP contribution in [0.25, 0.3) is 0 Å². The van der Waals surface area contributed by atoms with Gasteiger partial charge in [0, 0.05) is 15.6 Å². The minimum absolute atomic E-state index is 0.337. The molecule has 0 fully saturated rings. The molecule has 0 amide bonds. The van der Waals surface area contributed by atoms with Crippen molar-refractivity contribution >= 4 is 28.9 Å². The standard InChI is InChI=1S/C13H9Cl2N3O/c14-10-7-4-8-11(15)12(10)13(18-19)17-16-9-5-2-1-3-6-9/h1-8,13H. The highest BCUT2D eigenvalue weighted by Crippen LogP contribution is 2.33. The lowest BCUT2D eigenvalue weighted by molar-refractivity contribution is 0.723. The molecule has 0 saturated carbocycles. The van der Waals surface area contributed by atoms with E-state index in [1.165, 1.54) is 0 Å². The van der Waals surface area contributed by atoms with Crippen molar-refractivity contribution in [3.8, 4) is 0 Å². The fourth-order valence-corrected chi connectivity index (χ4v) is 2.10. The zero-order valence-electron chi connectivity index (χ0n) is 9.70. The molecule has 0 aliphatic heterocycles. The smallest absolute Gasteiger partial charge is 0.153 e. The molecule has 2 aromatic rings. The van der Waals surface area contributed by atoms with Crippen LogP contribution < -0.4 is 0 Å². The monoisotopic (exact) mass is 293 g/mol. The van der Waals surface area contributed by atoms with E-state index in [4.69, 9.17) is 23.2 Å². The Balaban J connectivity index is 2.31. The molecule has 0 radical (unpaired) electrons. The lowest BCUT2D eigenvalue weighted by Gasteiger charge is -2.07. The fourth-order valence-electron chi connectivity index (χ4n) is 1.50. The van der Waals surface area contributed by atoms with Crippen molar-refractivity contribution in [3.05, 3.63) is 69.0 Å². The van der Waals surface area contributed by atoms with Gasteiger partial charge >= 0.3 is 0 Å². The summed E-state index contributed by atoms with van der Waals surface area (Å²) in [5.74, 6) is 0. The molecule has 1 unspecified atom stereocenters. The second-order valence-electron chi connectivity index (χ2n) is 3.67. The number of hydrogen-bond donors (Lipinski definition) is 0. The van der Waals surface area contributed by atoms with E-state index in [0.29, 0.717) is 21.3 Å². The highest BCUT2D eigenvalue weighted by molar-refractivity contribution is 6.36. The Morgan fingerprint density at radius 1 is 0.895 bits per heavy atom. The minimum Gasteiger partial charge on any atom is -0.153 e. The number of azo groups is 1. The van der Waals surface area contributed by atoms with Gasteiger partial charge < -0.3 is 0 Å². The molecule has 2 rings (SSSR count). The SMILES string of the molecule is O=NC(N=Nc1ccccc1)c1c(Cl)cccc1Cl. The fraction of sp³-hybridized carbons (Fsp3) is 0.0769. The number of hydrogen-bond acceptors (Lipinski definition) is 4. The van der Waals surface area contributed by atoms with Crippen molar-refractivity contribution in [3.63, 3.8) is 0 Å². The normalized spacial score (nSPS) is 12.5. The van der Waals surface area contributed by atoms with Gasteiger partial charge in [-0.3, -0.25) is 0 Å². The van der Waals surface area contributed by atoms with Gasteiger partial charge in [0.2, 0.25) is 6.17 Å². The quantitative estimate of drug-likeness (QED) is 0.539. The van der Waals surface area contributed by atoms with Crippen LogP contribution in [-0.2, 0) is 0 Å². The molecular formula is C13H9Cl2N3O. The molecule has 96 valence electrons. The maximum absolute atomic E-state index is 10.9. The summed E-state index contributed by atoms with van der Waals surface area (Å²) < 4.78 is 0. The van der Waals surface area contributed by atoms with E-state index in [1.54, 1.807) is 30.3 Å². The number of benzene rings is 2. The Morgan fingerprint density at radius 3 is 2.11 bits per heavy atom. The Labute approximate surface area is 120 Å². The highest BCUT2D eigenvalue weighted by Gasteiger charge is 2.18. The van der Waals surface area contributed by atoms with Crippen LogP contribution in [0.3, 0.4) is 0 Å². The summed E-state index contributed by atoms with van der Waals surface area (Å²) in [5, 5.41) is 11.4. The zero-order valence-corrected chi connectivity index (χ0v) is 11.2. The Morgan fingerprint density at radius 2 is 1.53 bits per heavy atom. The van der Waals surface area contributed by atoms with E-state index < -0.39 is 6.17 Å². The zero-order chi connectivity index (χ0) is 13.7. The van der Waals surface area contributed by atoms with Crippen molar-refractivity contribution in [1.82, 2.24) is 0 Å². The van der Waals surface area contributed by atoms with Crippen molar-refractivity contribution < 1.29 is 0 Å².